The van der Waals surface area contributed by atoms with Gasteiger partial charge in [0.25, 0.3) is 0 Å². The second-order valence-electron chi connectivity index (χ2n) is 7.27. The number of dihydropyridines is 1. The van der Waals surface area contributed by atoms with Crippen molar-refractivity contribution in [3.8, 4) is 11.5 Å². The minimum Gasteiger partial charge on any atom is -0.508 e. The predicted molar refractivity (Wildman–Crippen MR) is 113 cm³/mol. The highest BCUT2D eigenvalue weighted by Gasteiger charge is 2.34. The van der Waals surface area contributed by atoms with Gasteiger partial charge in [-0.15, -0.1) is 0 Å². The van der Waals surface area contributed by atoms with E-state index in [-0.39, 0.29) is 23.7 Å². The van der Waals surface area contributed by atoms with E-state index in [0.29, 0.717) is 29.9 Å². The van der Waals surface area contributed by atoms with Crippen LogP contribution in [0.25, 0.3) is 0 Å². The molecule has 4 rings (SSSR count). The molecule has 1 aliphatic heterocycles. The number of Topliss-reactive ketones (excluding diaryl/α,β-unsaturated/α-hetero) is 1. The van der Waals surface area contributed by atoms with E-state index < -0.39 is 5.97 Å². The summed E-state index contributed by atoms with van der Waals surface area (Å²) in [7, 11) is 1.62. The van der Waals surface area contributed by atoms with Gasteiger partial charge in [0, 0.05) is 35.7 Å². The van der Waals surface area contributed by atoms with Crippen LogP contribution in [0.1, 0.15) is 37.7 Å². The number of rotatable bonds is 3. The number of nitrogens with one attached hydrogen (secondary N) is 1. The molecule has 0 amide bonds. The molecule has 0 fully saturated rings. The molecule has 0 saturated heterocycles. The van der Waals surface area contributed by atoms with Crippen molar-refractivity contribution in [2.75, 3.05) is 7.11 Å². The van der Waals surface area contributed by atoms with Crippen LogP contribution in [0.15, 0.2) is 77.1 Å². The Bertz CT molecular complexity index is 1010. The zero-order chi connectivity index (χ0) is 21.7. The Morgan fingerprint density at radius 2 is 1.73 bits per heavy atom. The van der Waals surface area contributed by atoms with Crippen LogP contribution in [0.5, 0.6) is 11.5 Å². The average molecular weight is 407 g/mol. The highest BCUT2D eigenvalue weighted by atomic mass is 16.5. The number of ether oxygens (including phenoxy) is 1. The second-order valence-corrected chi connectivity index (χ2v) is 7.27. The number of phenolic OH excluding ortho intramolecular Hbond substituents is 1. The van der Waals surface area contributed by atoms with Gasteiger partial charge in [0.2, 0.25) is 0 Å². The van der Waals surface area contributed by atoms with Crippen molar-refractivity contribution in [1.29, 1.82) is 0 Å². The molecule has 1 aliphatic carbocycles. The summed E-state index contributed by atoms with van der Waals surface area (Å²) >= 11 is 0. The third kappa shape index (κ3) is 4.71. The van der Waals surface area contributed by atoms with Crippen LogP contribution in [0.2, 0.25) is 0 Å². The van der Waals surface area contributed by atoms with Crippen molar-refractivity contribution in [1.82, 2.24) is 5.32 Å². The summed E-state index contributed by atoms with van der Waals surface area (Å²) in [6, 6.07) is 16.4. The molecule has 0 bridgehead atoms. The molecule has 2 aromatic rings. The molecule has 0 spiro atoms. The number of hydrogen-bond donors (Lipinski definition) is 3. The van der Waals surface area contributed by atoms with E-state index in [9.17, 15) is 14.7 Å². The molecule has 2 aliphatic rings. The zero-order valence-corrected chi connectivity index (χ0v) is 17.0. The van der Waals surface area contributed by atoms with Crippen LogP contribution in [0.4, 0.5) is 0 Å². The summed E-state index contributed by atoms with van der Waals surface area (Å²) in [6.07, 6.45) is 1.28. The van der Waals surface area contributed by atoms with Crippen molar-refractivity contribution >= 4 is 11.8 Å². The van der Waals surface area contributed by atoms with Crippen LogP contribution >= 0.6 is 0 Å². The maximum Gasteiger partial charge on any atom is 0.333 e. The van der Waals surface area contributed by atoms with Crippen molar-refractivity contribution in [2.24, 2.45) is 0 Å². The topological polar surface area (TPSA) is 95.9 Å². The number of carbonyl (C=O) groups excluding carboxylic acids is 1. The molecule has 6 heteroatoms. The van der Waals surface area contributed by atoms with E-state index >= 15 is 0 Å². The monoisotopic (exact) mass is 407 g/mol. The molecule has 156 valence electrons. The smallest absolute Gasteiger partial charge is 0.333 e. The molecular weight excluding hydrogens is 382 g/mol. The number of aliphatic carboxylic acids is 1. The molecule has 0 aromatic heterocycles. The number of benzene rings is 2. The number of carboxylic acid groups (broad SMARTS) is 1. The number of hydrogen-bond acceptors (Lipinski definition) is 5. The third-order valence-electron chi connectivity index (χ3n) is 5.32. The standard InChI is InChI=1S/C18H19NO4.C6H6O/c1-10-13(18(21)22)9-14-15(19-10)7-11(8-16(14)20)12-5-3-4-6-17(12)23-2;7-6-4-2-1-3-5-6/h3-6,11,19H,7-9H2,1-2H3,(H,21,22);1-5,7H. The molecule has 2 aromatic carbocycles. The largest absolute Gasteiger partial charge is 0.508 e. The first-order valence-electron chi connectivity index (χ1n) is 9.73. The quantitative estimate of drug-likeness (QED) is 0.708. The minimum atomic E-state index is -0.971. The first-order chi connectivity index (χ1) is 14.4. The lowest BCUT2D eigenvalue weighted by atomic mass is 9.78. The lowest BCUT2D eigenvalue weighted by molar-refractivity contribution is -0.132. The molecule has 3 N–H and O–H groups in total. The van der Waals surface area contributed by atoms with Crippen LogP contribution in [-0.2, 0) is 9.59 Å². The molecule has 0 saturated carbocycles. The fourth-order valence-electron chi connectivity index (χ4n) is 3.79. The summed E-state index contributed by atoms with van der Waals surface area (Å²) in [5.41, 5.74) is 3.36. The number of para-hydroxylation sites is 2. The maximum atomic E-state index is 12.5. The fraction of sp³-hybridized carbons (Fsp3) is 0.250. The number of phenols is 1. The first kappa shape index (κ1) is 21.2. The van der Waals surface area contributed by atoms with Crippen LogP contribution in [-0.4, -0.2) is 29.1 Å². The zero-order valence-electron chi connectivity index (χ0n) is 17.0. The summed E-state index contributed by atoms with van der Waals surface area (Å²) < 4.78 is 5.40. The van der Waals surface area contributed by atoms with Crippen molar-refractivity contribution < 1.29 is 24.5 Å². The van der Waals surface area contributed by atoms with Crippen LogP contribution in [0, 0.1) is 0 Å². The van der Waals surface area contributed by atoms with Gasteiger partial charge in [0.1, 0.15) is 11.5 Å². The fourth-order valence-corrected chi connectivity index (χ4v) is 3.79. The number of carboxylic acids is 1. The molecule has 1 atom stereocenters. The lowest BCUT2D eigenvalue weighted by Crippen LogP contribution is -2.31. The van der Waals surface area contributed by atoms with Gasteiger partial charge in [-0.2, -0.15) is 0 Å². The maximum absolute atomic E-state index is 12.5. The molecule has 0 radical (unpaired) electrons. The number of allylic oxidation sites excluding steroid dienone is 3. The molecule has 30 heavy (non-hydrogen) atoms. The van der Waals surface area contributed by atoms with Crippen LogP contribution < -0.4 is 10.1 Å². The van der Waals surface area contributed by atoms with Crippen molar-refractivity contribution in [2.45, 2.75) is 32.1 Å². The first-order valence-corrected chi connectivity index (χ1v) is 9.73. The Hall–Kier alpha value is -3.54. The van der Waals surface area contributed by atoms with Gasteiger partial charge >= 0.3 is 5.97 Å². The summed E-state index contributed by atoms with van der Waals surface area (Å²) in [5.74, 6) is 0.192. The second kappa shape index (κ2) is 9.31. The predicted octanol–water partition coefficient (Wildman–Crippen LogP) is 4.14. The van der Waals surface area contributed by atoms with Crippen molar-refractivity contribution in [3.63, 3.8) is 0 Å². The van der Waals surface area contributed by atoms with E-state index in [1.54, 1.807) is 38.3 Å². The molecular formula is C24H25NO5. The Morgan fingerprint density at radius 1 is 1.07 bits per heavy atom. The van der Waals surface area contributed by atoms with Gasteiger partial charge in [-0.25, -0.2) is 4.79 Å². The SMILES string of the molecule is COc1ccccc1C1CC(=O)C2=C(C1)NC(C)=C(C(=O)O)C2.Oc1ccccc1. The van der Waals surface area contributed by atoms with E-state index in [1.807, 2.05) is 30.3 Å². The number of aromatic hydroxyl groups is 1. The van der Waals surface area contributed by atoms with Crippen molar-refractivity contribution in [3.05, 3.63) is 82.7 Å². The number of ketones is 1. The summed E-state index contributed by atoms with van der Waals surface area (Å²) in [6.45, 7) is 1.74. The Morgan fingerprint density at radius 3 is 2.33 bits per heavy atom. The average Bonchev–Trinajstić information content (AvgIpc) is 2.74. The van der Waals surface area contributed by atoms with Gasteiger partial charge in [-0.05, 0) is 37.1 Å². The van der Waals surface area contributed by atoms with Gasteiger partial charge in [0.05, 0.1) is 12.7 Å². The minimum absolute atomic E-state index is 0.0147. The van der Waals surface area contributed by atoms with Gasteiger partial charge in [0.15, 0.2) is 5.78 Å². The van der Waals surface area contributed by atoms with E-state index in [1.165, 1.54) is 0 Å². The van der Waals surface area contributed by atoms with Gasteiger partial charge < -0.3 is 20.3 Å². The van der Waals surface area contributed by atoms with E-state index in [0.717, 1.165) is 17.0 Å². The normalized spacial score (nSPS) is 18.1. The highest BCUT2D eigenvalue weighted by Crippen LogP contribution is 2.40. The third-order valence-corrected chi connectivity index (χ3v) is 5.32. The Balaban J connectivity index is 0.000000310. The number of carbonyl (C=O) groups is 2. The summed E-state index contributed by atoms with van der Waals surface area (Å²) in [5, 5.41) is 21.0. The van der Waals surface area contributed by atoms with E-state index in [4.69, 9.17) is 9.84 Å². The van der Waals surface area contributed by atoms with Gasteiger partial charge in [-0.1, -0.05) is 36.4 Å². The van der Waals surface area contributed by atoms with Gasteiger partial charge in [-0.3, -0.25) is 4.79 Å². The lowest BCUT2D eigenvalue weighted by Gasteiger charge is -2.31. The Kier molecular flexibility index (Phi) is 6.57. The molecule has 1 heterocycles. The molecule has 6 nitrogen and oxygen atoms in total. The number of methoxy groups -OCH3 is 1. The summed E-state index contributed by atoms with van der Waals surface area (Å²) in [4.78, 5) is 23.8. The highest BCUT2D eigenvalue weighted by molar-refractivity contribution is 6.01. The van der Waals surface area contributed by atoms with Crippen LogP contribution in [0.3, 0.4) is 0 Å². The van der Waals surface area contributed by atoms with E-state index in [2.05, 4.69) is 5.32 Å². The molecule has 1 unspecified atom stereocenters. The Labute approximate surface area is 175 Å².